The summed E-state index contributed by atoms with van der Waals surface area (Å²) in [5.74, 6) is 3.13. The average molecular weight is 506 g/mol. The van der Waals surface area contributed by atoms with Crippen molar-refractivity contribution in [3.63, 3.8) is 0 Å². The summed E-state index contributed by atoms with van der Waals surface area (Å²) in [5, 5.41) is 4.76. The van der Waals surface area contributed by atoms with Gasteiger partial charge in [-0.15, -0.1) is 6.42 Å². The average Bonchev–Trinajstić information content (AvgIpc) is 3.11. The van der Waals surface area contributed by atoms with Crippen molar-refractivity contribution in [2.45, 2.75) is 0 Å². The van der Waals surface area contributed by atoms with E-state index < -0.39 is 5.91 Å². The van der Waals surface area contributed by atoms with Gasteiger partial charge < -0.3 is 13.9 Å². The Bertz CT molecular complexity index is 1100. The van der Waals surface area contributed by atoms with Gasteiger partial charge in [-0.05, 0) is 57.9 Å². The van der Waals surface area contributed by atoms with Crippen molar-refractivity contribution in [1.82, 2.24) is 5.43 Å². The number of nitrogens with zero attached hydrogens (tertiary/aromatic N) is 1. The van der Waals surface area contributed by atoms with Gasteiger partial charge in [0.15, 0.2) is 17.3 Å². The molecule has 142 valence electrons. The van der Waals surface area contributed by atoms with Crippen molar-refractivity contribution in [3.05, 3.63) is 56.7 Å². The fourth-order valence-corrected chi connectivity index (χ4v) is 3.75. The zero-order valence-corrected chi connectivity index (χ0v) is 17.8. The van der Waals surface area contributed by atoms with E-state index >= 15 is 0 Å². The van der Waals surface area contributed by atoms with E-state index in [1.807, 2.05) is 12.1 Å². The number of carbonyl (C=O) groups excluding carboxylic acids is 1. The molecule has 2 aromatic carbocycles. The summed E-state index contributed by atoms with van der Waals surface area (Å²) < 4.78 is 17.9. The van der Waals surface area contributed by atoms with Crippen LogP contribution in [0.15, 0.2) is 54.9 Å². The molecule has 1 heterocycles. The number of terminal acetylenes is 1. The molecule has 3 rings (SSSR count). The Morgan fingerprint density at radius 1 is 1.29 bits per heavy atom. The van der Waals surface area contributed by atoms with Crippen LogP contribution in [-0.4, -0.2) is 25.8 Å². The first-order valence-corrected chi connectivity index (χ1v) is 9.56. The summed E-state index contributed by atoms with van der Waals surface area (Å²) in [4.78, 5) is 12.3. The van der Waals surface area contributed by atoms with Crippen molar-refractivity contribution in [2.75, 3.05) is 13.7 Å². The highest BCUT2D eigenvalue weighted by molar-refractivity contribution is 9.11. The van der Waals surface area contributed by atoms with Crippen LogP contribution in [0, 0.1) is 12.3 Å². The standard InChI is InChI=1S/C20H14Br2N2O4/c1-3-6-27-16-5-4-12(7-17(16)26-2)11-23-24-20(25)18-9-13-8-14(21)10-15(22)19(13)28-18/h1,4-5,7-11H,6H2,2H3,(H,24,25)/b23-11-. The van der Waals surface area contributed by atoms with Gasteiger partial charge in [-0.25, -0.2) is 5.43 Å². The molecule has 0 bridgehead atoms. The Morgan fingerprint density at radius 3 is 2.86 bits per heavy atom. The Hall–Kier alpha value is -2.76. The van der Waals surface area contributed by atoms with Crippen molar-refractivity contribution in [1.29, 1.82) is 0 Å². The number of hydrogen-bond acceptors (Lipinski definition) is 5. The van der Waals surface area contributed by atoms with Gasteiger partial charge in [0.05, 0.1) is 17.8 Å². The summed E-state index contributed by atoms with van der Waals surface area (Å²) in [6, 6.07) is 10.6. The minimum Gasteiger partial charge on any atom is -0.493 e. The van der Waals surface area contributed by atoms with E-state index in [9.17, 15) is 4.79 Å². The van der Waals surface area contributed by atoms with Gasteiger partial charge in [0.2, 0.25) is 0 Å². The largest absolute Gasteiger partial charge is 0.493 e. The number of hydrogen-bond donors (Lipinski definition) is 1. The fraction of sp³-hybridized carbons (Fsp3) is 0.100. The molecule has 1 aromatic heterocycles. The van der Waals surface area contributed by atoms with Gasteiger partial charge in [0.25, 0.3) is 0 Å². The maximum Gasteiger partial charge on any atom is 0.307 e. The fourth-order valence-electron chi connectivity index (χ4n) is 2.41. The van der Waals surface area contributed by atoms with Crippen LogP contribution in [0.2, 0.25) is 0 Å². The number of benzene rings is 2. The molecule has 0 aliphatic carbocycles. The molecule has 1 N–H and O–H groups in total. The van der Waals surface area contributed by atoms with Gasteiger partial charge >= 0.3 is 5.91 Å². The lowest BCUT2D eigenvalue weighted by atomic mass is 10.2. The molecular weight excluding hydrogens is 492 g/mol. The topological polar surface area (TPSA) is 73.1 Å². The van der Waals surface area contributed by atoms with E-state index in [1.165, 1.54) is 13.3 Å². The predicted molar refractivity (Wildman–Crippen MR) is 114 cm³/mol. The molecule has 0 fully saturated rings. The number of nitrogens with one attached hydrogen (secondary N) is 1. The number of methoxy groups -OCH3 is 1. The van der Waals surface area contributed by atoms with Crippen LogP contribution in [0.5, 0.6) is 11.5 Å². The third kappa shape index (κ3) is 4.55. The summed E-state index contributed by atoms with van der Waals surface area (Å²) in [5.41, 5.74) is 3.74. The third-order valence-electron chi connectivity index (χ3n) is 3.64. The highest BCUT2D eigenvalue weighted by Crippen LogP contribution is 2.31. The highest BCUT2D eigenvalue weighted by Gasteiger charge is 2.14. The van der Waals surface area contributed by atoms with Crippen molar-refractivity contribution in [3.8, 4) is 23.8 Å². The van der Waals surface area contributed by atoms with E-state index in [-0.39, 0.29) is 12.4 Å². The molecule has 0 aliphatic rings. The molecule has 0 unspecified atom stereocenters. The van der Waals surface area contributed by atoms with E-state index in [1.54, 1.807) is 24.3 Å². The number of hydrazone groups is 1. The number of carbonyl (C=O) groups is 1. The quantitative estimate of drug-likeness (QED) is 0.298. The van der Waals surface area contributed by atoms with Crippen molar-refractivity contribution in [2.24, 2.45) is 5.10 Å². The van der Waals surface area contributed by atoms with Crippen LogP contribution in [-0.2, 0) is 0 Å². The Kier molecular flexibility index (Phi) is 6.39. The molecule has 0 radical (unpaired) electrons. The first kappa shape index (κ1) is 20.0. The molecule has 0 saturated carbocycles. The SMILES string of the molecule is C#CCOc1ccc(/C=N\NC(=O)c2cc3cc(Br)cc(Br)c3o2)cc1OC. The van der Waals surface area contributed by atoms with Crippen molar-refractivity contribution >= 4 is 55.0 Å². The van der Waals surface area contributed by atoms with Gasteiger partial charge in [-0.1, -0.05) is 21.9 Å². The molecule has 3 aromatic rings. The molecule has 0 aliphatic heterocycles. The maximum atomic E-state index is 12.3. The van der Waals surface area contributed by atoms with Crippen LogP contribution >= 0.6 is 31.9 Å². The zero-order valence-electron chi connectivity index (χ0n) is 14.7. The number of ether oxygens (including phenoxy) is 2. The van der Waals surface area contributed by atoms with Crippen LogP contribution in [0.25, 0.3) is 11.0 Å². The minimum atomic E-state index is -0.462. The predicted octanol–water partition coefficient (Wildman–Crippen LogP) is 4.74. The third-order valence-corrected chi connectivity index (χ3v) is 4.68. The Morgan fingerprint density at radius 2 is 2.11 bits per heavy atom. The minimum absolute atomic E-state index is 0.143. The number of amides is 1. The highest BCUT2D eigenvalue weighted by atomic mass is 79.9. The Balaban J connectivity index is 1.71. The molecule has 6 nitrogen and oxygen atoms in total. The molecule has 1 amide bonds. The summed E-state index contributed by atoms with van der Waals surface area (Å²) in [6.07, 6.45) is 6.68. The number of rotatable bonds is 6. The van der Waals surface area contributed by atoms with Crippen molar-refractivity contribution < 1.29 is 18.7 Å². The second-order valence-corrected chi connectivity index (χ2v) is 7.29. The van der Waals surface area contributed by atoms with Gasteiger partial charge in [-0.2, -0.15) is 5.10 Å². The van der Waals surface area contributed by atoms with E-state index in [4.69, 9.17) is 20.3 Å². The summed E-state index contributed by atoms with van der Waals surface area (Å²) in [7, 11) is 1.53. The maximum absolute atomic E-state index is 12.3. The lowest BCUT2D eigenvalue weighted by Crippen LogP contribution is -2.16. The monoisotopic (exact) mass is 504 g/mol. The number of fused-ring (bicyclic) bond motifs is 1. The van der Waals surface area contributed by atoms with E-state index in [0.717, 1.165) is 14.3 Å². The van der Waals surface area contributed by atoms with Crippen LogP contribution in [0.3, 0.4) is 0 Å². The second kappa shape index (κ2) is 8.95. The van der Waals surface area contributed by atoms with Gasteiger partial charge in [0.1, 0.15) is 12.2 Å². The Labute approximate surface area is 178 Å². The van der Waals surface area contributed by atoms with Crippen LogP contribution in [0.1, 0.15) is 16.1 Å². The summed E-state index contributed by atoms with van der Waals surface area (Å²) >= 11 is 6.81. The number of furan rings is 1. The molecular formula is C20H14Br2N2O4. The van der Waals surface area contributed by atoms with Gasteiger partial charge in [0, 0.05) is 9.86 Å². The lowest BCUT2D eigenvalue weighted by molar-refractivity contribution is 0.0929. The van der Waals surface area contributed by atoms with Gasteiger partial charge in [-0.3, -0.25) is 4.79 Å². The molecule has 8 heteroatoms. The van der Waals surface area contributed by atoms with Crippen LogP contribution in [0.4, 0.5) is 0 Å². The first-order valence-electron chi connectivity index (χ1n) is 7.98. The summed E-state index contributed by atoms with van der Waals surface area (Å²) in [6.45, 7) is 0.143. The zero-order chi connectivity index (χ0) is 20.1. The van der Waals surface area contributed by atoms with E-state index in [2.05, 4.69) is 48.3 Å². The number of halogens is 2. The molecule has 0 saturated heterocycles. The molecule has 0 atom stereocenters. The second-order valence-electron chi connectivity index (χ2n) is 5.52. The molecule has 28 heavy (non-hydrogen) atoms. The smallest absolute Gasteiger partial charge is 0.307 e. The lowest BCUT2D eigenvalue weighted by Gasteiger charge is -2.08. The van der Waals surface area contributed by atoms with E-state index in [0.29, 0.717) is 22.6 Å². The normalized spacial score (nSPS) is 10.8. The van der Waals surface area contributed by atoms with Crippen LogP contribution < -0.4 is 14.9 Å². The molecule has 0 spiro atoms. The first-order chi connectivity index (χ1) is 13.5.